The average molecular weight is 494 g/mol. The number of nitrogens with zero attached hydrogens (tertiary/aromatic N) is 2. The largest absolute Gasteiger partial charge is 0.389 e. The van der Waals surface area contributed by atoms with Crippen LogP contribution in [0.25, 0.3) is 0 Å². The number of rotatable bonds is 7. The first-order chi connectivity index (χ1) is 17.6. The Morgan fingerprint density at radius 3 is 2.39 bits per heavy atom. The molecule has 2 N–H and O–H groups in total. The molecule has 5 rings (SSSR count). The second-order valence-corrected chi connectivity index (χ2v) is 10.5. The highest BCUT2D eigenvalue weighted by atomic mass is 16.5. The maximum absolute atomic E-state index is 12.9. The van der Waals surface area contributed by atoms with Crippen LogP contribution in [0, 0.1) is 0 Å². The molecule has 2 aromatic carbocycles. The van der Waals surface area contributed by atoms with Crippen LogP contribution in [0.2, 0.25) is 0 Å². The SMILES string of the molecule is O=C(C[C@@H]1CC[C@@H]2[C@H](COC[C@H](O)CN2Cc2ccccc2)O1)N[C@H]1CCN(Cc2ccccc2)C1. The number of hydrogen-bond acceptors (Lipinski definition) is 6. The van der Waals surface area contributed by atoms with Gasteiger partial charge in [0.1, 0.15) is 0 Å². The number of β-amino-alcohol motifs (C(OH)–C–C–N with tert-alkyl or cyclic N) is 1. The Morgan fingerprint density at radius 1 is 0.917 bits per heavy atom. The lowest BCUT2D eigenvalue weighted by atomic mass is 9.94. The van der Waals surface area contributed by atoms with Crippen LogP contribution in [-0.2, 0) is 27.4 Å². The molecule has 3 aliphatic heterocycles. The highest BCUT2D eigenvalue weighted by Crippen LogP contribution is 2.29. The van der Waals surface area contributed by atoms with Crippen LogP contribution in [-0.4, -0.2) is 84.1 Å². The van der Waals surface area contributed by atoms with Gasteiger partial charge < -0.3 is 19.9 Å². The van der Waals surface area contributed by atoms with E-state index in [-0.39, 0.29) is 30.2 Å². The van der Waals surface area contributed by atoms with Crippen LogP contribution in [0.3, 0.4) is 0 Å². The molecule has 0 aromatic heterocycles. The van der Waals surface area contributed by atoms with Crippen molar-refractivity contribution in [2.75, 3.05) is 32.8 Å². The Morgan fingerprint density at radius 2 is 1.64 bits per heavy atom. The normalized spacial score (nSPS) is 29.8. The van der Waals surface area contributed by atoms with Crippen molar-refractivity contribution in [1.82, 2.24) is 15.1 Å². The predicted octanol–water partition coefficient (Wildman–Crippen LogP) is 2.58. The fourth-order valence-corrected chi connectivity index (χ4v) is 5.87. The summed E-state index contributed by atoms with van der Waals surface area (Å²) < 4.78 is 12.2. The second kappa shape index (κ2) is 12.3. The lowest BCUT2D eigenvalue weighted by molar-refractivity contribution is -0.158. The Kier molecular flexibility index (Phi) is 8.67. The standard InChI is InChI=1S/C29H39N3O4/c33-25-19-32(17-23-9-5-2-6-10-23)27-12-11-26(36-28(27)21-35-20-25)15-29(34)30-24-13-14-31(18-24)16-22-7-3-1-4-8-22/h1-10,24-28,33H,11-21H2,(H,30,34)/t24-,25+,26-,27+,28-/m0/s1. The van der Waals surface area contributed by atoms with Gasteiger partial charge in [-0.1, -0.05) is 60.7 Å². The van der Waals surface area contributed by atoms with Crippen molar-refractivity contribution < 1.29 is 19.4 Å². The summed E-state index contributed by atoms with van der Waals surface area (Å²) in [6, 6.07) is 21.2. The van der Waals surface area contributed by atoms with Gasteiger partial charge in [0.2, 0.25) is 5.91 Å². The quantitative estimate of drug-likeness (QED) is 0.618. The molecule has 0 bridgehead atoms. The van der Waals surface area contributed by atoms with Crippen LogP contribution in [0.5, 0.6) is 0 Å². The number of amides is 1. The van der Waals surface area contributed by atoms with E-state index in [9.17, 15) is 9.90 Å². The molecule has 3 saturated heterocycles. The summed E-state index contributed by atoms with van der Waals surface area (Å²) in [5, 5.41) is 13.6. The number of benzene rings is 2. The van der Waals surface area contributed by atoms with E-state index < -0.39 is 6.10 Å². The molecule has 36 heavy (non-hydrogen) atoms. The van der Waals surface area contributed by atoms with Crippen LogP contribution in [0.1, 0.15) is 36.8 Å². The number of nitrogens with one attached hydrogen (secondary N) is 1. The minimum Gasteiger partial charge on any atom is -0.389 e. The Hall–Kier alpha value is -2.29. The third-order valence-corrected chi connectivity index (χ3v) is 7.62. The van der Waals surface area contributed by atoms with Crippen LogP contribution in [0.4, 0.5) is 0 Å². The Bertz CT molecular complexity index is 960. The molecule has 0 aliphatic carbocycles. The van der Waals surface area contributed by atoms with Crippen molar-refractivity contribution in [2.45, 2.75) is 69.2 Å². The van der Waals surface area contributed by atoms with Gasteiger partial charge in [-0.15, -0.1) is 0 Å². The monoisotopic (exact) mass is 493 g/mol. The molecule has 3 aliphatic rings. The lowest BCUT2D eigenvalue weighted by Gasteiger charge is -2.44. The molecule has 5 atom stereocenters. The number of carbonyl (C=O) groups is 1. The summed E-state index contributed by atoms with van der Waals surface area (Å²) in [7, 11) is 0. The summed E-state index contributed by atoms with van der Waals surface area (Å²) in [6.07, 6.45) is 2.44. The van der Waals surface area contributed by atoms with Crippen molar-refractivity contribution >= 4 is 5.91 Å². The summed E-state index contributed by atoms with van der Waals surface area (Å²) in [6.45, 7) is 4.91. The minimum absolute atomic E-state index is 0.0772. The van der Waals surface area contributed by atoms with Crippen molar-refractivity contribution in [3.8, 4) is 0 Å². The molecule has 7 nitrogen and oxygen atoms in total. The second-order valence-electron chi connectivity index (χ2n) is 10.5. The van der Waals surface area contributed by atoms with Gasteiger partial charge in [0, 0.05) is 44.8 Å². The highest BCUT2D eigenvalue weighted by molar-refractivity contribution is 5.76. The molecule has 0 unspecified atom stereocenters. The first kappa shape index (κ1) is 25.4. The maximum atomic E-state index is 12.9. The number of likely N-dealkylation sites (tertiary alicyclic amines) is 1. The first-order valence-corrected chi connectivity index (χ1v) is 13.4. The molecule has 1 amide bonds. The summed E-state index contributed by atoms with van der Waals surface area (Å²) in [5.41, 5.74) is 2.54. The summed E-state index contributed by atoms with van der Waals surface area (Å²) in [5.74, 6) is 0.0772. The molecule has 2 aromatic rings. The van der Waals surface area contributed by atoms with Crippen LogP contribution in [0.15, 0.2) is 60.7 Å². The van der Waals surface area contributed by atoms with E-state index in [0.29, 0.717) is 26.2 Å². The molecule has 0 saturated carbocycles. The first-order valence-electron chi connectivity index (χ1n) is 13.4. The molecular weight excluding hydrogens is 454 g/mol. The summed E-state index contributed by atoms with van der Waals surface area (Å²) in [4.78, 5) is 17.6. The number of fused-ring (bicyclic) bond motifs is 1. The number of aliphatic hydroxyl groups is 1. The van der Waals surface area contributed by atoms with E-state index in [2.05, 4.69) is 51.5 Å². The zero-order valence-electron chi connectivity index (χ0n) is 21.0. The summed E-state index contributed by atoms with van der Waals surface area (Å²) >= 11 is 0. The number of hydrogen-bond donors (Lipinski definition) is 2. The molecule has 7 heteroatoms. The number of aliphatic hydroxyl groups excluding tert-OH is 1. The van der Waals surface area contributed by atoms with Crippen molar-refractivity contribution in [2.24, 2.45) is 0 Å². The van der Waals surface area contributed by atoms with Crippen molar-refractivity contribution in [3.05, 3.63) is 71.8 Å². The van der Waals surface area contributed by atoms with Crippen molar-refractivity contribution in [1.29, 1.82) is 0 Å². The van der Waals surface area contributed by atoms with E-state index in [4.69, 9.17) is 9.47 Å². The van der Waals surface area contributed by atoms with Gasteiger partial charge in [-0.3, -0.25) is 14.6 Å². The Labute approximate surface area is 214 Å². The maximum Gasteiger partial charge on any atom is 0.222 e. The van der Waals surface area contributed by atoms with E-state index >= 15 is 0 Å². The minimum atomic E-state index is -0.508. The van der Waals surface area contributed by atoms with E-state index in [1.165, 1.54) is 11.1 Å². The van der Waals surface area contributed by atoms with Crippen LogP contribution >= 0.6 is 0 Å². The number of ether oxygens (including phenoxy) is 2. The average Bonchev–Trinajstić information content (AvgIpc) is 3.30. The van der Waals surface area contributed by atoms with Gasteiger partial charge in [-0.25, -0.2) is 0 Å². The molecule has 194 valence electrons. The van der Waals surface area contributed by atoms with E-state index in [1.54, 1.807) is 0 Å². The fraction of sp³-hybridized carbons (Fsp3) is 0.552. The third kappa shape index (κ3) is 6.93. The third-order valence-electron chi connectivity index (χ3n) is 7.62. The highest BCUT2D eigenvalue weighted by Gasteiger charge is 2.38. The predicted molar refractivity (Wildman–Crippen MR) is 138 cm³/mol. The van der Waals surface area contributed by atoms with Gasteiger partial charge in [-0.05, 0) is 30.4 Å². The smallest absolute Gasteiger partial charge is 0.222 e. The van der Waals surface area contributed by atoms with Gasteiger partial charge in [0.05, 0.1) is 37.9 Å². The van der Waals surface area contributed by atoms with Gasteiger partial charge in [-0.2, -0.15) is 0 Å². The zero-order valence-corrected chi connectivity index (χ0v) is 21.0. The molecule has 0 spiro atoms. The van der Waals surface area contributed by atoms with E-state index in [1.807, 2.05) is 24.3 Å². The lowest BCUT2D eigenvalue weighted by Crippen LogP contribution is -2.55. The molecule has 3 fully saturated rings. The fourth-order valence-electron chi connectivity index (χ4n) is 5.87. The topological polar surface area (TPSA) is 74.3 Å². The van der Waals surface area contributed by atoms with Gasteiger partial charge >= 0.3 is 0 Å². The Balaban J connectivity index is 1.11. The van der Waals surface area contributed by atoms with Crippen molar-refractivity contribution in [3.63, 3.8) is 0 Å². The van der Waals surface area contributed by atoms with E-state index in [0.717, 1.165) is 45.4 Å². The van der Waals surface area contributed by atoms with Crippen LogP contribution < -0.4 is 5.32 Å². The van der Waals surface area contributed by atoms with Gasteiger partial charge in [0.25, 0.3) is 0 Å². The molecule has 3 heterocycles. The van der Waals surface area contributed by atoms with Gasteiger partial charge in [0.15, 0.2) is 0 Å². The molecular formula is C29H39N3O4. The number of carbonyl (C=O) groups excluding carboxylic acids is 1. The zero-order chi connectivity index (χ0) is 24.7. The molecule has 0 radical (unpaired) electrons.